The van der Waals surface area contributed by atoms with Crippen molar-refractivity contribution in [3.05, 3.63) is 24.0 Å². The summed E-state index contributed by atoms with van der Waals surface area (Å²) >= 11 is 0. The van der Waals surface area contributed by atoms with Crippen LogP contribution in [0.3, 0.4) is 0 Å². The molecular formula is C9H15N3. The average molecular weight is 165 g/mol. The maximum absolute atomic E-state index is 5.39. The molecule has 1 heterocycles. The number of hydrogen-bond donors (Lipinski definition) is 1. The van der Waals surface area contributed by atoms with E-state index in [0.29, 0.717) is 6.54 Å². The lowest BCUT2D eigenvalue weighted by molar-refractivity contribution is 0.767. The number of aromatic nitrogens is 2. The topological polar surface area (TPSA) is 43.8 Å². The van der Waals surface area contributed by atoms with Gasteiger partial charge in [0.05, 0.1) is 6.20 Å². The van der Waals surface area contributed by atoms with E-state index in [-0.39, 0.29) is 0 Å². The molecule has 0 spiro atoms. The predicted molar refractivity (Wildman–Crippen MR) is 50.5 cm³/mol. The first-order valence-electron chi connectivity index (χ1n) is 4.10. The molecule has 0 amide bonds. The lowest BCUT2D eigenvalue weighted by atomic mass is 10.1. The molecule has 1 rings (SSSR count). The van der Waals surface area contributed by atoms with Gasteiger partial charge >= 0.3 is 0 Å². The SMILES string of the molecule is CC(=CCCN)c1cnn(C)c1. The fourth-order valence-corrected chi connectivity index (χ4v) is 1.04. The van der Waals surface area contributed by atoms with Crippen molar-refractivity contribution in [2.45, 2.75) is 13.3 Å². The second-order valence-corrected chi connectivity index (χ2v) is 2.87. The number of hydrogen-bond acceptors (Lipinski definition) is 2. The van der Waals surface area contributed by atoms with Gasteiger partial charge in [0.15, 0.2) is 0 Å². The van der Waals surface area contributed by atoms with Crippen LogP contribution in [0.2, 0.25) is 0 Å². The first-order chi connectivity index (χ1) is 5.74. The van der Waals surface area contributed by atoms with Crippen molar-refractivity contribution >= 4 is 5.57 Å². The molecule has 0 bridgehead atoms. The van der Waals surface area contributed by atoms with Crippen molar-refractivity contribution in [1.29, 1.82) is 0 Å². The molecular weight excluding hydrogens is 150 g/mol. The van der Waals surface area contributed by atoms with Gasteiger partial charge in [-0.2, -0.15) is 5.10 Å². The van der Waals surface area contributed by atoms with Crippen LogP contribution in [0.15, 0.2) is 18.5 Å². The Morgan fingerprint density at radius 2 is 2.50 bits per heavy atom. The highest BCUT2D eigenvalue weighted by Gasteiger charge is 1.96. The summed E-state index contributed by atoms with van der Waals surface area (Å²) in [4.78, 5) is 0. The molecule has 0 atom stereocenters. The van der Waals surface area contributed by atoms with E-state index in [2.05, 4.69) is 18.1 Å². The predicted octanol–water partition coefficient (Wildman–Crippen LogP) is 1.17. The molecule has 0 aliphatic rings. The molecule has 0 radical (unpaired) electrons. The molecule has 0 saturated heterocycles. The quantitative estimate of drug-likeness (QED) is 0.730. The van der Waals surface area contributed by atoms with Crippen LogP contribution >= 0.6 is 0 Å². The number of aryl methyl sites for hydroxylation is 1. The van der Waals surface area contributed by atoms with E-state index >= 15 is 0 Å². The summed E-state index contributed by atoms with van der Waals surface area (Å²) in [5.41, 5.74) is 7.81. The molecule has 0 aliphatic heterocycles. The number of nitrogens with two attached hydrogens (primary N) is 1. The van der Waals surface area contributed by atoms with Gasteiger partial charge in [0.2, 0.25) is 0 Å². The summed E-state index contributed by atoms with van der Waals surface area (Å²) in [6.07, 6.45) is 6.93. The van der Waals surface area contributed by atoms with E-state index in [1.807, 2.05) is 19.4 Å². The van der Waals surface area contributed by atoms with E-state index in [1.165, 1.54) is 11.1 Å². The van der Waals surface area contributed by atoms with Gasteiger partial charge in [-0.3, -0.25) is 4.68 Å². The van der Waals surface area contributed by atoms with Crippen molar-refractivity contribution in [1.82, 2.24) is 9.78 Å². The zero-order valence-electron chi connectivity index (χ0n) is 7.62. The van der Waals surface area contributed by atoms with Gasteiger partial charge in [-0.05, 0) is 25.5 Å². The Hall–Kier alpha value is -1.09. The van der Waals surface area contributed by atoms with Crippen LogP contribution in [0.5, 0.6) is 0 Å². The molecule has 12 heavy (non-hydrogen) atoms. The van der Waals surface area contributed by atoms with Gasteiger partial charge in [-0.25, -0.2) is 0 Å². The van der Waals surface area contributed by atoms with Crippen LogP contribution in [0.25, 0.3) is 5.57 Å². The third-order valence-electron chi connectivity index (χ3n) is 1.78. The van der Waals surface area contributed by atoms with E-state index in [9.17, 15) is 0 Å². The minimum absolute atomic E-state index is 0.706. The fraction of sp³-hybridized carbons (Fsp3) is 0.444. The largest absolute Gasteiger partial charge is 0.330 e. The smallest absolute Gasteiger partial charge is 0.0564 e. The van der Waals surface area contributed by atoms with Crippen LogP contribution in [-0.4, -0.2) is 16.3 Å². The summed E-state index contributed by atoms with van der Waals surface area (Å²) < 4.78 is 1.80. The van der Waals surface area contributed by atoms with Gasteiger partial charge in [0.1, 0.15) is 0 Å². The normalized spacial score (nSPS) is 12.1. The third kappa shape index (κ3) is 2.20. The van der Waals surface area contributed by atoms with Crippen LogP contribution in [0.4, 0.5) is 0 Å². The molecule has 3 nitrogen and oxygen atoms in total. The van der Waals surface area contributed by atoms with Gasteiger partial charge in [0.25, 0.3) is 0 Å². The second-order valence-electron chi connectivity index (χ2n) is 2.87. The van der Waals surface area contributed by atoms with Crippen LogP contribution in [0, 0.1) is 0 Å². The summed E-state index contributed by atoms with van der Waals surface area (Å²) in [6, 6.07) is 0. The molecule has 1 aromatic rings. The molecule has 0 fully saturated rings. The van der Waals surface area contributed by atoms with Crippen LogP contribution in [0.1, 0.15) is 18.9 Å². The maximum atomic E-state index is 5.39. The zero-order valence-corrected chi connectivity index (χ0v) is 7.62. The van der Waals surface area contributed by atoms with Crippen LogP contribution in [-0.2, 0) is 7.05 Å². The molecule has 3 heteroatoms. The lowest BCUT2D eigenvalue weighted by Gasteiger charge is -1.94. The van der Waals surface area contributed by atoms with Crippen molar-refractivity contribution in [3.63, 3.8) is 0 Å². The van der Waals surface area contributed by atoms with Gasteiger partial charge in [0, 0.05) is 18.8 Å². The number of nitrogens with zero attached hydrogens (tertiary/aromatic N) is 2. The van der Waals surface area contributed by atoms with Crippen molar-refractivity contribution < 1.29 is 0 Å². The second kappa shape index (κ2) is 4.07. The highest BCUT2D eigenvalue weighted by Crippen LogP contribution is 2.11. The summed E-state index contributed by atoms with van der Waals surface area (Å²) in [5.74, 6) is 0. The minimum Gasteiger partial charge on any atom is -0.330 e. The Labute approximate surface area is 72.9 Å². The van der Waals surface area contributed by atoms with Crippen molar-refractivity contribution in [3.8, 4) is 0 Å². The summed E-state index contributed by atoms with van der Waals surface area (Å²) in [7, 11) is 1.92. The van der Waals surface area contributed by atoms with E-state index in [1.54, 1.807) is 4.68 Å². The lowest BCUT2D eigenvalue weighted by Crippen LogP contribution is -1.95. The van der Waals surface area contributed by atoms with E-state index in [4.69, 9.17) is 5.73 Å². The summed E-state index contributed by atoms with van der Waals surface area (Å²) in [5, 5.41) is 4.09. The van der Waals surface area contributed by atoms with Crippen LogP contribution < -0.4 is 5.73 Å². The molecule has 66 valence electrons. The highest BCUT2D eigenvalue weighted by molar-refractivity contribution is 5.62. The molecule has 0 unspecified atom stereocenters. The molecule has 2 N–H and O–H groups in total. The Morgan fingerprint density at radius 1 is 1.75 bits per heavy atom. The number of allylic oxidation sites excluding steroid dienone is 1. The molecule has 0 aliphatic carbocycles. The van der Waals surface area contributed by atoms with Gasteiger partial charge < -0.3 is 5.73 Å². The third-order valence-corrected chi connectivity index (χ3v) is 1.78. The summed E-state index contributed by atoms with van der Waals surface area (Å²) in [6.45, 7) is 2.78. The first-order valence-corrected chi connectivity index (χ1v) is 4.10. The monoisotopic (exact) mass is 165 g/mol. The van der Waals surface area contributed by atoms with Crippen molar-refractivity contribution in [2.24, 2.45) is 12.8 Å². The maximum Gasteiger partial charge on any atom is 0.0564 e. The Kier molecular flexibility index (Phi) is 3.05. The minimum atomic E-state index is 0.706. The Morgan fingerprint density at radius 3 is 3.00 bits per heavy atom. The number of rotatable bonds is 3. The van der Waals surface area contributed by atoms with Crippen molar-refractivity contribution in [2.75, 3.05) is 6.54 Å². The Balaban J connectivity index is 2.70. The molecule has 1 aromatic heterocycles. The standard InChI is InChI=1S/C9H15N3/c1-8(4-3-5-10)9-6-11-12(2)7-9/h4,6-7H,3,5,10H2,1-2H3. The average Bonchev–Trinajstić information content (AvgIpc) is 2.47. The first kappa shape index (κ1) is 9.00. The van der Waals surface area contributed by atoms with E-state index < -0.39 is 0 Å². The van der Waals surface area contributed by atoms with Gasteiger partial charge in [-0.1, -0.05) is 6.08 Å². The fourth-order valence-electron chi connectivity index (χ4n) is 1.04. The highest BCUT2D eigenvalue weighted by atomic mass is 15.2. The van der Waals surface area contributed by atoms with Gasteiger partial charge in [-0.15, -0.1) is 0 Å². The van der Waals surface area contributed by atoms with E-state index in [0.717, 1.165) is 6.42 Å². The molecule has 0 saturated carbocycles. The Bertz CT molecular complexity index is 273. The molecule has 0 aromatic carbocycles. The zero-order chi connectivity index (χ0) is 8.97.